The number of benzene rings is 3. The molecular weight excluding hydrogens is 458 g/mol. The molecule has 1 aliphatic heterocycles. The summed E-state index contributed by atoms with van der Waals surface area (Å²) in [5, 5.41) is 19.3. The van der Waals surface area contributed by atoms with Gasteiger partial charge in [-0.05, 0) is 78.6 Å². The minimum absolute atomic E-state index is 0.00384. The second-order valence-corrected chi connectivity index (χ2v) is 9.43. The van der Waals surface area contributed by atoms with Crippen molar-refractivity contribution in [2.45, 2.75) is 31.2 Å². The van der Waals surface area contributed by atoms with E-state index in [-0.39, 0.29) is 16.7 Å². The molecule has 3 aromatic rings. The molecule has 2 unspecified atom stereocenters. The first-order valence-electron chi connectivity index (χ1n) is 11.9. The van der Waals surface area contributed by atoms with Crippen molar-refractivity contribution in [1.82, 2.24) is 0 Å². The molecule has 180 valence electrons. The predicted octanol–water partition coefficient (Wildman–Crippen LogP) is 5.35. The van der Waals surface area contributed by atoms with Crippen molar-refractivity contribution in [3.63, 3.8) is 0 Å². The summed E-state index contributed by atoms with van der Waals surface area (Å²) in [6.07, 6.45) is 4.87. The summed E-state index contributed by atoms with van der Waals surface area (Å²) in [6, 6.07) is 16.5. The molecule has 3 aliphatic rings. The first kappa shape index (κ1) is 22.1. The fourth-order valence-corrected chi connectivity index (χ4v) is 5.87. The van der Waals surface area contributed by atoms with Crippen LogP contribution in [0.3, 0.4) is 0 Å². The van der Waals surface area contributed by atoms with Gasteiger partial charge in [-0.1, -0.05) is 12.5 Å². The molecular formula is C29H23NO6. The van der Waals surface area contributed by atoms with Gasteiger partial charge in [-0.3, -0.25) is 9.59 Å². The number of hydrogen-bond donors (Lipinski definition) is 2. The first-order chi connectivity index (χ1) is 17.4. The van der Waals surface area contributed by atoms with Crippen molar-refractivity contribution in [3.8, 4) is 11.5 Å². The Kier molecular flexibility index (Phi) is 4.96. The van der Waals surface area contributed by atoms with Crippen LogP contribution in [-0.2, 0) is 0 Å². The van der Waals surface area contributed by atoms with E-state index in [1.54, 1.807) is 13.2 Å². The number of rotatable bonds is 4. The summed E-state index contributed by atoms with van der Waals surface area (Å²) in [5.41, 5.74) is 3.76. The van der Waals surface area contributed by atoms with Crippen LogP contribution in [0.4, 0.5) is 11.4 Å². The van der Waals surface area contributed by atoms with E-state index in [2.05, 4.69) is 23.1 Å². The van der Waals surface area contributed by atoms with Crippen LogP contribution >= 0.6 is 0 Å². The van der Waals surface area contributed by atoms with Crippen LogP contribution in [0.25, 0.3) is 6.08 Å². The summed E-state index contributed by atoms with van der Waals surface area (Å²) in [5.74, 6) is -1.77. The maximum absolute atomic E-state index is 13.0. The fourth-order valence-electron chi connectivity index (χ4n) is 5.87. The monoisotopic (exact) mass is 481 g/mol. The molecule has 0 spiro atoms. The van der Waals surface area contributed by atoms with E-state index >= 15 is 0 Å². The number of methoxy groups -OCH3 is 1. The minimum atomic E-state index is -1.36. The number of allylic oxidation sites excluding steroid dienone is 1. The number of nitrogens with zero attached hydrogens (tertiary/aromatic N) is 1. The SMILES string of the molecule is COc1ccc(N2c3ccc(/C=C4/C(=O)c5cc(O)c(C(=O)O)cc5C4=O)cc3C3CCCC32)cc1. The van der Waals surface area contributed by atoms with E-state index in [9.17, 15) is 24.6 Å². The molecule has 2 N–H and O–H groups in total. The molecule has 7 heteroatoms. The molecule has 7 nitrogen and oxygen atoms in total. The zero-order valence-corrected chi connectivity index (χ0v) is 19.5. The number of aromatic hydroxyl groups is 1. The highest BCUT2D eigenvalue weighted by atomic mass is 16.5. The summed E-state index contributed by atoms with van der Waals surface area (Å²) < 4.78 is 5.31. The van der Waals surface area contributed by atoms with Gasteiger partial charge in [0.25, 0.3) is 0 Å². The van der Waals surface area contributed by atoms with Crippen LogP contribution in [-0.4, -0.2) is 40.9 Å². The van der Waals surface area contributed by atoms with E-state index in [0.29, 0.717) is 12.0 Å². The van der Waals surface area contributed by atoms with Crippen molar-refractivity contribution in [2.75, 3.05) is 12.0 Å². The van der Waals surface area contributed by atoms with E-state index < -0.39 is 28.8 Å². The second-order valence-electron chi connectivity index (χ2n) is 9.43. The lowest BCUT2D eigenvalue weighted by molar-refractivity contribution is 0.0693. The average molecular weight is 482 g/mol. The number of Topliss-reactive ketones (excluding diaryl/α,β-unsaturated/α-hetero) is 2. The van der Waals surface area contributed by atoms with Gasteiger partial charge in [0.2, 0.25) is 0 Å². The molecule has 1 saturated carbocycles. The zero-order valence-electron chi connectivity index (χ0n) is 19.5. The van der Waals surface area contributed by atoms with Crippen molar-refractivity contribution >= 4 is 35.0 Å². The molecule has 0 bridgehead atoms. The maximum atomic E-state index is 13.0. The van der Waals surface area contributed by atoms with Gasteiger partial charge in [-0.2, -0.15) is 0 Å². The molecule has 3 aromatic carbocycles. The lowest BCUT2D eigenvalue weighted by atomic mass is 9.95. The molecule has 1 fully saturated rings. The number of ketones is 2. The number of carboxylic acids is 1. The third kappa shape index (κ3) is 3.23. The van der Waals surface area contributed by atoms with Crippen molar-refractivity contribution in [1.29, 1.82) is 0 Å². The highest BCUT2D eigenvalue weighted by Crippen LogP contribution is 2.52. The topological polar surface area (TPSA) is 104 Å². The normalized spacial score (nSPS) is 21.0. The van der Waals surface area contributed by atoms with Gasteiger partial charge in [0.05, 0.1) is 12.7 Å². The minimum Gasteiger partial charge on any atom is -0.507 e. The molecule has 0 aromatic heterocycles. The molecule has 2 atom stereocenters. The van der Waals surface area contributed by atoms with Crippen LogP contribution in [0, 0.1) is 0 Å². The molecule has 6 rings (SSSR count). The van der Waals surface area contributed by atoms with Crippen LogP contribution in [0.15, 0.2) is 60.2 Å². The summed E-state index contributed by atoms with van der Waals surface area (Å²) in [6.45, 7) is 0. The van der Waals surface area contributed by atoms with Gasteiger partial charge >= 0.3 is 5.97 Å². The largest absolute Gasteiger partial charge is 0.507 e. The molecule has 2 aliphatic carbocycles. The number of carbonyl (C=O) groups is 3. The van der Waals surface area contributed by atoms with Gasteiger partial charge in [-0.25, -0.2) is 4.79 Å². The number of phenols is 1. The van der Waals surface area contributed by atoms with E-state index in [4.69, 9.17) is 4.74 Å². The van der Waals surface area contributed by atoms with E-state index in [1.165, 1.54) is 5.56 Å². The third-order valence-electron chi connectivity index (χ3n) is 7.53. The Morgan fingerprint density at radius 3 is 2.42 bits per heavy atom. The lowest BCUT2D eigenvalue weighted by Crippen LogP contribution is -2.26. The molecule has 0 amide bonds. The van der Waals surface area contributed by atoms with Crippen LogP contribution < -0.4 is 9.64 Å². The Morgan fingerprint density at radius 1 is 1.00 bits per heavy atom. The van der Waals surface area contributed by atoms with Crippen molar-refractivity contribution in [2.24, 2.45) is 0 Å². The van der Waals surface area contributed by atoms with E-state index in [1.807, 2.05) is 24.3 Å². The molecule has 0 radical (unpaired) electrons. The highest BCUT2D eigenvalue weighted by molar-refractivity contribution is 6.41. The van der Waals surface area contributed by atoms with Crippen LogP contribution in [0.5, 0.6) is 11.5 Å². The number of hydrogen-bond acceptors (Lipinski definition) is 6. The summed E-state index contributed by atoms with van der Waals surface area (Å²) in [4.78, 5) is 39.7. The Morgan fingerprint density at radius 2 is 1.72 bits per heavy atom. The average Bonchev–Trinajstić information content (AvgIpc) is 3.52. The highest BCUT2D eigenvalue weighted by Gasteiger charge is 2.42. The summed E-state index contributed by atoms with van der Waals surface area (Å²) >= 11 is 0. The Balaban J connectivity index is 1.38. The van der Waals surface area contributed by atoms with Gasteiger partial charge in [-0.15, -0.1) is 0 Å². The number of anilines is 2. The second kappa shape index (κ2) is 8.09. The first-order valence-corrected chi connectivity index (χ1v) is 11.9. The van der Waals surface area contributed by atoms with E-state index in [0.717, 1.165) is 54.1 Å². The Labute approximate surface area is 207 Å². The zero-order chi connectivity index (χ0) is 25.1. The van der Waals surface area contributed by atoms with Crippen molar-refractivity contribution < 1.29 is 29.3 Å². The Bertz CT molecular complexity index is 1490. The number of aromatic carboxylic acids is 1. The predicted molar refractivity (Wildman–Crippen MR) is 134 cm³/mol. The summed E-state index contributed by atoms with van der Waals surface area (Å²) in [7, 11) is 1.65. The number of carboxylic acid groups (broad SMARTS) is 1. The fraction of sp³-hybridized carbons (Fsp3) is 0.207. The van der Waals surface area contributed by atoms with Crippen LogP contribution in [0.2, 0.25) is 0 Å². The smallest absolute Gasteiger partial charge is 0.339 e. The van der Waals surface area contributed by atoms with Gasteiger partial charge in [0.1, 0.15) is 17.1 Å². The molecule has 1 heterocycles. The number of carbonyl (C=O) groups excluding carboxylic acids is 2. The van der Waals surface area contributed by atoms with Gasteiger partial charge in [0.15, 0.2) is 11.6 Å². The third-order valence-corrected chi connectivity index (χ3v) is 7.53. The quantitative estimate of drug-likeness (QED) is 0.382. The molecule has 36 heavy (non-hydrogen) atoms. The number of fused-ring (bicyclic) bond motifs is 4. The van der Waals surface area contributed by atoms with Crippen molar-refractivity contribution in [3.05, 3.63) is 88.0 Å². The van der Waals surface area contributed by atoms with Crippen LogP contribution in [0.1, 0.15) is 67.4 Å². The lowest BCUT2D eigenvalue weighted by Gasteiger charge is -2.27. The van der Waals surface area contributed by atoms with Gasteiger partial charge in [0, 0.05) is 34.5 Å². The maximum Gasteiger partial charge on any atom is 0.339 e. The molecule has 0 saturated heterocycles. The standard InChI is InChI=1S/C29H23NO6/c1-36-17-8-6-16(7-9-17)30-24-4-2-3-18(24)19-11-15(5-10-25(19)30)12-23-27(32)20-13-22(29(34)35)26(31)14-21(20)28(23)33/h5-14,18,24,31H,2-4H2,1H3,(H,34,35)/b23-12+. The Hall–Kier alpha value is -4.39. The number of ether oxygens (including phenoxy) is 1. The van der Waals surface area contributed by atoms with Gasteiger partial charge < -0.3 is 19.8 Å².